The molecule has 1 rings (SSSR count). The number of aliphatic imine (C=N–C) groups is 1. The van der Waals surface area contributed by atoms with E-state index in [1.165, 1.54) is 0 Å². The average Bonchev–Trinajstić information content (AvgIpc) is 2.48. The second-order valence-electron chi connectivity index (χ2n) is 4.12. The molecule has 1 atom stereocenters. The predicted molar refractivity (Wildman–Crippen MR) is 63.1 cm³/mol. The van der Waals surface area contributed by atoms with Crippen LogP contribution in [0.15, 0.2) is 4.99 Å². The molecule has 0 aromatic heterocycles. The van der Waals surface area contributed by atoms with Crippen molar-refractivity contribution >= 4 is 16.9 Å². The lowest BCUT2D eigenvalue weighted by molar-refractivity contribution is -0.00556. The standard InChI is InChI=1S/C10H20N2OS/c1-5-13-10(3,4)7-12-9-11-6-8(2)14-9/h8H,5-7H2,1-4H3,(H,11,12). The Balaban J connectivity index is 2.26. The molecule has 0 aromatic carbocycles. The Labute approximate surface area is 90.7 Å². The van der Waals surface area contributed by atoms with Crippen LogP contribution >= 0.6 is 11.8 Å². The molecule has 0 fully saturated rings. The molecule has 0 aliphatic carbocycles. The summed E-state index contributed by atoms with van der Waals surface area (Å²) >= 11 is 1.81. The molecule has 4 heteroatoms. The molecular formula is C10H20N2OS. The van der Waals surface area contributed by atoms with Crippen molar-refractivity contribution in [1.82, 2.24) is 5.32 Å². The average molecular weight is 216 g/mol. The summed E-state index contributed by atoms with van der Waals surface area (Å²) in [5.74, 6) is 0. The Hall–Kier alpha value is -0.220. The topological polar surface area (TPSA) is 33.6 Å². The van der Waals surface area contributed by atoms with Gasteiger partial charge in [-0.1, -0.05) is 18.7 Å². The lowest BCUT2D eigenvalue weighted by atomic mass is 10.1. The van der Waals surface area contributed by atoms with Gasteiger partial charge in [0, 0.05) is 18.4 Å². The van der Waals surface area contributed by atoms with Crippen molar-refractivity contribution in [2.45, 2.75) is 38.5 Å². The molecule has 0 amide bonds. The molecule has 14 heavy (non-hydrogen) atoms. The van der Waals surface area contributed by atoms with Crippen molar-refractivity contribution in [1.29, 1.82) is 0 Å². The number of hydrogen-bond acceptors (Lipinski definition) is 4. The number of thioether (sulfide) groups is 1. The molecule has 1 heterocycles. The lowest BCUT2D eigenvalue weighted by Crippen LogP contribution is -2.39. The van der Waals surface area contributed by atoms with E-state index in [0.717, 1.165) is 24.9 Å². The van der Waals surface area contributed by atoms with E-state index in [1.54, 1.807) is 0 Å². The molecule has 0 aromatic rings. The first kappa shape index (κ1) is 11.9. The number of amidine groups is 1. The second kappa shape index (κ2) is 5.03. The summed E-state index contributed by atoms with van der Waals surface area (Å²) in [6.07, 6.45) is 0. The molecule has 0 bridgehead atoms. The van der Waals surface area contributed by atoms with Crippen molar-refractivity contribution in [3.05, 3.63) is 0 Å². The zero-order valence-corrected chi connectivity index (χ0v) is 10.3. The van der Waals surface area contributed by atoms with Gasteiger partial charge >= 0.3 is 0 Å². The van der Waals surface area contributed by atoms with Crippen molar-refractivity contribution in [2.24, 2.45) is 4.99 Å². The van der Waals surface area contributed by atoms with Gasteiger partial charge in [0.15, 0.2) is 5.17 Å². The van der Waals surface area contributed by atoms with Gasteiger partial charge in [0.1, 0.15) is 0 Å². The van der Waals surface area contributed by atoms with E-state index in [2.05, 4.69) is 31.1 Å². The fourth-order valence-corrected chi connectivity index (χ4v) is 2.14. The van der Waals surface area contributed by atoms with Crippen molar-refractivity contribution in [2.75, 3.05) is 19.7 Å². The van der Waals surface area contributed by atoms with Crippen LogP contribution in [0, 0.1) is 0 Å². The number of nitrogens with zero attached hydrogens (tertiary/aromatic N) is 1. The number of ether oxygens (including phenoxy) is 1. The Kier molecular flexibility index (Phi) is 4.26. The molecule has 3 nitrogen and oxygen atoms in total. The van der Waals surface area contributed by atoms with Crippen LogP contribution in [0.5, 0.6) is 0 Å². The lowest BCUT2D eigenvalue weighted by Gasteiger charge is -2.25. The highest BCUT2D eigenvalue weighted by molar-refractivity contribution is 8.14. The van der Waals surface area contributed by atoms with E-state index in [4.69, 9.17) is 4.74 Å². The summed E-state index contributed by atoms with van der Waals surface area (Å²) in [5.41, 5.74) is -0.107. The highest BCUT2D eigenvalue weighted by atomic mass is 32.2. The molecule has 0 saturated heterocycles. The first-order valence-electron chi connectivity index (χ1n) is 5.12. The van der Waals surface area contributed by atoms with Crippen LogP contribution in [-0.4, -0.2) is 35.7 Å². The van der Waals surface area contributed by atoms with E-state index in [-0.39, 0.29) is 5.60 Å². The van der Waals surface area contributed by atoms with Gasteiger partial charge in [0.2, 0.25) is 0 Å². The van der Waals surface area contributed by atoms with Gasteiger partial charge in [-0.3, -0.25) is 4.99 Å². The first-order valence-corrected chi connectivity index (χ1v) is 6.00. The van der Waals surface area contributed by atoms with Crippen LogP contribution in [0.4, 0.5) is 0 Å². The van der Waals surface area contributed by atoms with Gasteiger partial charge in [0.25, 0.3) is 0 Å². The molecule has 82 valence electrons. The quantitative estimate of drug-likeness (QED) is 0.779. The third kappa shape index (κ3) is 3.88. The van der Waals surface area contributed by atoms with Gasteiger partial charge in [-0.05, 0) is 20.8 Å². The summed E-state index contributed by atoms with van der Waals surface area (Å²) in [6.45, 7) is 10.9. The summed E-state index contributed by atoms with van der Waals surface area (Å²) in [4.78, 5) is 4.39. The van der Waals surface area contributed by atoms with E-state index in [9.17, 15) is 0 Å². The smallest absolute Gasteiger partial charge is 0.157 e. The van der Waals surface area contributed by atoms with Crippen LogP contribution in [0.2, 0.25) is 0 Å². The normalized spacial score (nSPS) is 22.3. The molecule has 1 N–H and O–H groups in total. The van der Waals surface area contributed by atoms with Gasteiger partial charge in [-0.15, -0.1) is 0 Å². The van der Waals surface area contributed by atoms with Gasteiger partial charge in [0.05, 0.1) is 12.1 Å². The van der Waals surface area contributed by atoms with Crippen LogP contribution < -0.4 is 5.32 Å². The summed E-state index contributed by atoms with van der Waals surface area (Å²) in [7, 11) is 0. The highest BCUT2D eigenvalue weighted by Gasteiger charge is 2.20. The summed E-state index contributed by atoms with van der Waals surface area (Å²) < 4.78 is 5.59. The van der Waals surface area contributed by atoms with Crippen molar-refractivity contribution in [3.63, 3.8) is 0 Å². The fourth-order valence-electron chi connectivity index (χ4n) is 1.30. The monoisotopic (exact) mass is 216 g/mol. The molecule has 0 spiro atoms. The minimum absolute atomic E-state index is 0.107. The van der Waals surface area contributed by atoms with Crippen LogP contribution in [-0.2, 0) is 4.74 Å². The third-order valence-corrected chi connectivity index (χ3v) is 3.05. The SMILES string of the molecule is CCOC(C)(C)CNC1=NCC(C)S1. The largest absolute Gasteiger partial charge is 0.374 e. The molecule has 0 radical (unpaired) electrons. The molecule has 0 saturated carbocycles. The first-order chi connectivity index (χ1) is 6.53. The van der Waals surface area contributed by atoms with Crippen LogP contribution in [0.1, 0.15) is 27.7 Å². The van der Waals surface area contributed by atoms with Gasteiger partial charge < -0.3 is 10.1 Å². The Bertz CT molecular complexity index is 216. The highest BCUT2D eigenvalue weighted by Crippen LogP contribution is 2.19. The number of nitrogens with one attached hydrogen (secondary N) is 1. The zero-order valence-electron chi connectivity index (χ0n) is 9.46. The van der Waals surface area contributed by atoms with Gasteiger partial charge in [-0.25, -0.2) is 0 Å². The van der Waals surface area contributed by atoms with E-state index in [1.807, 2.05) is 18.7 Å². The maximum atomic E-state index is 5.59. The molecule has 1 aliphatic heterocycles. The van der Waals surface area contributed by atoms with Crippen LogP contribution in [0.3, 0.4) is 0 Å². The van der Waals surface area contributed by atoms with Gasteiger partial charge in [-0.2, -0.15) is 0 Å². The van der Waals surface area contributed by atoms with Crippen molar-refractivity contribution in [3.8, 4) is 0 Å². The zero-order chi connectivity index (χ0) is 10.6. The Morgan fingerprint density at radius 1 is 1.64 bits per heavy atom. The Morgan fingerprint density at radius 3 is 2.86 bits per heavy atom. The van der Waals surface area contributed by atoms with Crippen molar-refractivity contribution < 1.29 is 4.74 Å². The minimum atomic E-state index is -0.107. The minimum Gasteiger partial charge on any atom is -0.374 e. The summed E-state index contributed by atoms with van der Waals surface area (Å²) in [5, 5.41) is 5.00. The fraction of sp³-hybridized carbons (Fsp3) is 0.900. The predicted octanol–water partition coefficient (Wildman–Crippen LogP) is 1.88. The molecular weight excluding hydrogens is 196 g/mol. The van der Waals surface area contributed by atoms with E-state index >= 15 is 0 Å². The number of rotatable bonds is 4. The molecule has 1 unspecified atom stereocenters. The maximum absolute atomic E-state index is 5.59. The Morgan fingerprint density at radius 2 is 2.36 bits per heavy atom. The summed E-state index contributed by atoms with van der Waals surface area (Å²) in [6, 6.07) is 0. The number of hydrogen-bond donors (Lipinski definition) is 1. The van der Waals surface area contributed by atoms with E-state index < -0.39 is 0 Å². The molecule has 1 aliphatic rings. The van der Waals surface area contributed by atoms with E-state index in [0.29, 0.717) is 5.25 Å². The third-order valence-electron chi connectivity index (χ3n) is 2.01. The second-order valence-corrected chi connectivity index (χ2v) is 5.55. The van der Waals surface area contributed by atoms with Crippen LogP contribution in [0.25, 0.3) is 0 Å². The maximum Gasteiger partial charge on any atom is 0.157 e.